The molecule has 2 heterocycles. The number of rotatable bonds is 3. The van der Waals surface area contributed by atoms with Crippen molar-refractivity contribution in [1.29, 1.82) is 0 Å². The van der Waals surface area contributed by atoms with Gasteiger partial charge in [0.15, 0.2) is 0 Å². The second-order valence-corrected chi connectivity index (χ2v) is 8.95. The molecule has 0 aromatic heterocycles. The van der Waals surface area contributed by atoms with Gasteiger partial charge < -0.3 is 4.90 Å². The Morgan fingerprint density at radius 1 is 1.10 bits per heavy atom. The van der Waals surface area contributed by atoms with Crippen molar-refractivity contribution in [2.75, 3.05) is 26.2 Å². The van der Waals surface area contributed by atoms with E-state index in [4.69, 9.17) is 0 Å². The third kappa shape index (κ3) is 2.37. The number of piperidine rings is 2. The van der Waals surface area contributed by atoms with Gasteiger partial charge in [0, 0.05) is 24.7 Å². The van der Waals surface area contributed by atoms with Gasteiger partial charge in [0.1, 0.15) is 0 Å². The lowest BCUT2D eigenvalue weighted by molar-refractivity contribution is 0.0479. The summed E-state index contributed by atoms with van der Waals surface area (Å²) in [6.07, 6.45) is 10.5. The van der Waals surface area contributed by atoms with Crippen LogP contribution in [0.4, 0.5) is 0 Å². The van der Waals surface area contributed by atoms with E-state index in [2.05, 4.69) is 30.6 Å². The van der Waals surface area contributed by atoms with E-state index in [-0.39, 0.29) is 0 Å². The first kappa shape index (κ1) is 14.5. The van der Waals surface area contributed by atoms with Gasteiger partial charge in [0.05, 0.1) is 0 Å². The fourth-order valence-electron chi connectivity index (χ4n) is 6.00. The first-order valence-corrected chi connectivity index (χ1v) is 9.58. The maximum absolute atomic E-state index is 2.89. The Kier molecular flexibility index (Phi) is 3.43. The molecule has 0 amide bonds. The van der Waals surface area contributed by atoms with Crippen molar-refractivity contribution in [3.63, 3.8) is 0 Å². The van der Waals surface area contributed by atoms with E-state index < -0.39 is 0 Å². The summed E-state index contributed by atoms with van der Waals surface area (Å²) in [4.78, 5) is 5.67. The minimum absolute atomic E-state index is 0.629. The fraction of sp³-hybridized carbons (Fsp3) is 1.00. The predicted octanol–water partition coefficient (Wildman–Crippen LogP) is 3.76. The fourth-order valence-corrected chi connectivity index (χ4v) is 6.00. The van der Waals surface area contributed by atoms with Gasteiger partial charge in [-0.3, -0.25) is 4.90 Å². The van der Waals surface area contributed by atoms with E-state index in [0.717, 1.165) is 23.3 Å². The molecule has 120 valence electrons. The zero-order valence-corrected chi connectivity index (χ0v) is 14.4. The van der Waals surface area contributed by atoms with Crippen molar-refractivity contribution in [1.82, 2.24) is 9.80 Å². The molecule has 2 saturated carbocycles. The molecule has 3 unspecified atom stereocenters. The number of hydrogen-bond acceptors (Lipinski definition) is 2. The smallest absolute Gasteiger partial charge is 0.0247 e. The summed E-state index contributed by atoms with van der Waals surface area (Å²) in [5.74, 6) is 2.02. The van der Waals surface area contributed by atoms with Crippen LogP contribution in [0, 0.1) is 17.3 Å². The molecule has 0 aromatic carbocycles. The molecule has 0 aromatic rings. The summed E-state index contributed by atoms with van der Waals surface area (Å²) in [5.41, 5.74) is 1.39. The number of likely N-dealkylation sites (tertiary alicyclic amines) is 2. The largest absolute Gasteiger partial charge is 0.303 e. The van der Waals surface area contributed by atoms with Crippen molar-refractivity contribution in [2.24, 2.45) is 17.3 Å². The van der Waals surface area contributed by atoms with Gasteiger partial charge in [0.2, 0.25) is 0 Å². The van der Waals surface area contributed by atoms with E-state index in [9.17, 15) is 0 Å². The zero-order valence-electron chi connectivity index (χ0n) is 14.4. The van der Waals surface area contributed by atoms with Crippen LogP contribution in [0.1, 0.15) is 65.7 Å². The lowest BCUT2D eigenvalue weighted by Crippen LogP contribution is -2.49. The van der Waals surface area contributed by atoms with Crippen molar-refractivity contribution in [3.8, 4) is 0 Å². The molecule has 4 fully saturated rings. The maximum Gasteiger partial charge on any atom is 0.0247 e. The molecule has 4 aliphatic rings. The van der Waals surface area contributed by atoms with Crippen LogP contribution in [0.2, 0.25) is 0 Å². The minimum Gasteiger partial charge on any atom is -0.303 e. The normalized spacial score (nSPS) is 42.9. The van der Waals surface area contributed by atoms with Gasteiger partial charge in [-0.15, -0.1) is 0 Å². The van der Waals surface area contributed by atoms with Gasteiger partial charge in [-0.25, -0.2) is 0 Å². The lowest BCUT2D eigenvalue weighted by atomic mass is 9.81. The van der Waals surface area contributed by atoms with Crippen LogP contribution in [0.15, 0.2) is 0 Å². The minimum atomic E-state index is 0.629. The van der Waals surface area contributed by atoms with Gasteiger partial charge in [-0.2, -0.15) is 0 Å². The third-order valence-corrected chi connectivity index (χ3v) is 7.28. The molecule has 2 spiro atoms. The Balaban J connectivity index is 1.49. The number of nitrogens with zero attached hydrogens (tertiary/aromatic N) is 2. The highest BCUT2D eigenvalue weighted by molar-refractivity contribution is 5.17. The topological polar surface area (TPSA) is 6.48 Å². The molecule has 2 heteroatoms. The molecule has 2 nitrogen and oxygen atoms in total. The highest BCUT2D eigenvalue weighted by Gasteiger charge is 2.63. The zero-order chi connectivity index (χ0) is 14.7. The first-order valence-electron chi connectivity index (χ1n) is 9.58. The molecular formula is C19H34N2. The van der Waals surface area contributed by atoms with E-state index >= 15 is 0 Å². The molecule has 2 saturated heterocycles. The van der Waals surface area contributed by atoms with Crippen molar-refractivity contribution in [3.05, 3.63) is 0 Å². The van der Waals surface area contributed by atoms with Crippen molar-refractivity contribution in [2.45, 2.75) is 77.3 Å². The highest BCUT2D eigenvalue weighted by Crippen LogP contribution is 2.63. The molecule has 21 heavy (non-hydrogen) atoms. The molecule has 3 atom stereocenters. The monoisotopic (exact) mass is 290 g/mol. The van der Waals surface area contributed by atoms with Crippen LogP contribution in [0.3, 0.4) is 0 Å². The predicted molar refractivity (Wildman–Crippen MR) is 88.4 cm³/mol. The Morgan fingerprint density at radius 2 is 1.90 bits per heavy atom. The van der Waals surface area contributed by atoms with Crippen molar-refractivity contribution < 1.29 is 0 Å². The molecule has 2 aliphatic heterocycles. The highest BCUT2D eigenvalue weighted by atomic mass is 15.3. The Morgan fingerprint density at radius 3 is 2.57 bits per heavy atom. The summed E-state index contributed by atoms with van der Waals surface area (Å²) in [7, 11) is 0. The van der Waals surface area contributed by atoms with Crippen LogP contribution >= 0.6 is 0 Å². The number of hydrogen-bond donors (Lipinski definition) is 0. The summed E-state index contributed by atoms with van der Waals surface area (Å²) >= 11 is 0. The summed E-state index contributed by atoms with van der Waals surface area (Å²) < 4.78 is 0. The molecule has 4 rings (SSSR count). The van der Waals surface area contributed by atoms with Gasteiger partial charge in [-0.05, 0) is 82.7 Å². The van der Waals surface area contributed by atoms with Gasteiger partial charge in [-0.1, -0.05) is 13.3 Å². The molecule has 0 N–H and O–H groups in total. The Bertz CT molecular complexity index is 400. The summed E-state index contributed by atoms with van der Waals surface area (Å²) in [6.45, 7) is 12.6. The van der Waals surface area contributed by atoms with Gasteiger partial charge in [0.25, 0.3) is 0 Å². The molecule has 0 bridgehead atoms. The maximum atomic E-state index is 2.89. The van der Waals surface area contributed by atoms with E-state index in [1.807, 2.05) is 0 Å². The molecule has 2 aliphatic carbocycles. The first-order chi connectivity index (χ1) is 10.1. The van der Waals surface area contributed by atoms with Crippen LogP contribution in [0.25, 0.3) is 0 Å². The van der Waals surface area contributed by atoms with Gasteiger partial charge >= 0.3 is 0 Å². The second kappa shape index (κ2) is 4.96. The van der Waals surface area contributed by atoms with E-state index in [1.165, 1.54) is 64.7 Å². The Hall–Kier alpha value is -0.0800. The quantitative estimate of drug-likeness (QED) is 0.781. The van der Waals surface area contributed by atoms with Crippen LogP contribution < -0.4 is 0 Å². The summed E-state index contributed by atoms with van der Waals surface area (Å²) in [6, 6.07) is 0.746. The average Bonchev–Trinajstić information content (AvgIpc) is 3.38. The molecule has 0 radical (unpaired) electrons. The molecular weight excluding hydrogens is 256 g/mol. The third-order valence-electron chi connectivity index (χ3n) is 7.28. The van der Waals surface area contributed by atoms with E-state index in [1.54, 1.807) is 6.42 Å². The van der Waals surface area contributed by atoms with Crippen LogP contribution in [-0.4, -0.2) is 47.6 Å². The van der Waals surface area contributed by atoms with E-state index in [0.29, 0.717) is 5.54 Å². The Labute approximate surface area is 131 Å². The average molecular weight is 290 g/mol. The van der Waals surface area contributed by atoms with Crippen LogP contribution in [0.5, 0.6) is 0 Å². The van der Waals surface area contributed by atoms with Crippen LogP contribution in [-0.2, 0) is 0 Å². The second-order valence-electron chi connectivity index (χ2n) is 8.95. The standard InChI is InChI=1S/C19H34N2/c1-4-20-13-16(11-18(14-20)8-9-18)17-12-19(17)7-5-6-10-21(19)15(2)3/h15-17H,4-14H2,1-3H3. The summed E-state index contributed by atoms with van der Waals surface area (Å²) in [5, 5.41) is 0. The SMILES string of the molecule is CCN1CC(C2CC23CCCCN3C(C)C)CC2(CC2)C1. The van der Waals surface area contributed by atoms with Crippen molar-refractivity contribution >= 4 is 0 Å². The lowest BCUT2D eigenvalue weighted by Gasteiger charge is -2.44.